The number of nitrogens with zero attached hydrogens (tertiary/aromatic N) is 3. The number of anilines is 1. The fraction of sp³-hybridized carbons (Fsp3) is 0.375. The van der Waals surface area contributed by atoms with Crippen molar-refractivity contribution in [2.24, 2.45) is 0 Å². The molecule has 0 spiro atoms. The standard InChI is InChI=1S/C24H25N3O7/c1-32-24-20-18(4-2-5-19(20)33-22(30)23(31)34-24)21(29)27(24)11-3-10-25-12-14-26(15-13-25)16-6-8-17(28)9-7-16/h2,4-9,28H,3,10-15H2,1H3. The van der Waals surface area contributed by atoms with Crippen LogP contribution in [0.15, 0.2) is 42.5 Å². The van der Waals surface area contributed by atoms with Gasteiger partial charge in [0.1, 0.15) is 17.1 Å². The first kappa shape index (κ1) is 22.2. The van der Waals surface area contributed by atoms with Gasteiger partial charge in [-0.2, -0.15) is 0 Å². The smallest absolute Gasteiger partial charge is 0.423 e. The Morgan fingerprint density at radius 3 is 2.41 bits per heavy atom. The summed E-state index contributed by atoms with van der Waals surface area (Å²) in [5, 5.41) is 9.48. The Morgan fingerprint density at radius 2 is 1.71 bits per heavy atom. The monoisotopic (exact) mass is 467 g/mol. The highest BCUT2D eigenvalue weighted by molar-refractivity contribution is 6.31. The predicted octanol–water partition coefficient (Wildman–Crippen LogP) is 1.28. The number of esters is 2. The van der Waals surface area contributed by atoms with Crippen LogP contribution in [0.1, 0.15) is 22.3 Å². The number of carbonyl (C=O) groups is 3. The highest BCUT2D eigenvalue weighted by Gasteiger charge is 2.58. The van der Waals surface area contributed by atoms with Crippen LogP contribution in [-0.4, -0.2) is 79.1 Å². The summed E-state index contributed by atoms with van der Waals surface area (Å²) >= 11 is 0. The van der Waals surface area contributed by atoms with E-state index in [2.05, 4.69) is 9.80 Å². The van der Waals surface area contributed by atoms with Crippen molar-refractivity contribution in [3.05, 3.63) is 53.6 Å². The third-order valence-corrected chi connectivity index (χ3v) is 6.49. The summed E-state index contributed by atoms with van der Waals surface area (Å²) in [4.78, 5) is 43.3. The maximum Gasteiger partial charge on any atom is 0.423 e. The number of benzene rings is 2. The molecule has 3 aliphatic heterocycles. The van der Waals surface area contributed by atoms with Crippen LogP contribution in [0, 0.1) is 0 Å². The Labute approximate surface area is 196 Å². The highest BCUT2D eigenvalue weighted by atomic mass is 16.8. The minimum absolute atomic E-state index is 0.0800. The Hall–Kier alpha value is -3.63. The summed E-state index contributed by atoms with van der Waals surface area (Å²) < 4.78 is 16.1. The molecule has 1 amide bonds. The number of methoxy groups -OCH3 is 1. The second-order valence-corrected chi connectivity index (χ2v) is 8.40. The van der Waals surface area contributed by atoms with Crippen LogP contribution in [0.5, 0.6) is 11.5 Å². The molecule has 3 aliphatic rings. The third kappa shape index (κ3) is 3.64. The van der Waals surface area contributed by atoms with E-state index in [4.69, 9.17) is 14.2 Å². The zero-order valence-corrected chi connectivity index (χ0v) is 18.7. The summed E-state index contributed by atoms with van der Waals surface area (Å²) in [5.74, 6) is -4.22. The summed E-state index contributed by atoms with van der Waals surface area (Å²) in [6, 6.07) is 11.9. The molecule has 0 saturated carbocycles. The van der Waals surface area contributed by atoms with E-state index in [-0.39, 0.29) is 35.1 Å². The number of aromatic hydroxyl groups is 1. The molecule has 5 rings (SSSR count). The topological polar surface area (TPSA) is 109 Å². The molecule has 10 nitrogen and oxygen atoms in total. The van der Waals surface area contributed by atoms with Gasteiger partial charge >= 0.3 is 17.8 Å². The van der Waals surface area contributed by atoms with E-state index in [9.17, 15) is 19.5 Å². The lowest BCUT2D eigenvalue weighted by molar-refractivity contribution is -0.279. The van der Waals surface area contributed by atoms with Crippen molar-refractivity contribution in [1.29, 1.82) is 0 Å². The van der Waals surface area contributed by atoms with Gasteiger partial charge in [0.15, 0.2) is 0 Å². The summed E-state index contributed by atoms with van der Waals surface area (Å²) in [5.41, 5.74) is 1.59. The van der Waals surface area contributed by atoms with Crippen molar-refractivity contribution in [3.63, 3.8) is 0 Å². The average Bonchev–Trinajstić information content (AvgIpc) is 3.01. The van der Waals surface area contributed by atoms with E-state index >= 15 is 0 Å². The molecule has 0 bridgehead atoms. The maximum atomic E-state index is 13.2. The fourth-order valence-electron chi connectivity index (χ4n) is 4.80. The lowest BCUT2D eigenvalue weighted by Gasteiger charge is -2.37. The predicted molar refractivity (Wildman–Crippen MR) is 119 cm³/mol. The molecule has 0 aromatic heterocycles. The number of hydrogen-bond acceptors (Lipinski definition) is 9. The first-order valence-electron chi connectivity index (χ1n) is 11.1. The van der Waals surface area contributed by atoms with Crippen molar-refractivity contribution < 1.29 is 33.7 Å². The first-order chi connectivity index (χ1) is 16.4. The van der Waals surface area contributed by atoms with Gasteiger partial charge in [0, 0.05) is 45.5 Å². The molecular formula is C24H25N3O7. The molecule has 1 atom stereocenters. The second kappa shape index (κ2) is 8.62. The van der Waals surface area contributed by atoms with Crippen molar-refractivity contribution in [2.75, 3.05) is 51.3 Å². The number of piperazine rings is 1. The van der Waals surface area contributed by atoms with Crippen molar-refractivity contribution in [3.8, 4) is 11.5 Å². The Bertz CT molecular complexity index is 1130. The minimum atomic E-state index is -1.83. The summed E-state index contributed by atoms with van der Waals surface area (Å²) in [7, 11) is 1.33. The minimum Gasteiger partial charge on any atom is -0.508 e. The molecule has 34 heavy (non-hydrogen) atoms. The van der Waals surface area contributed by atoms with Crippen LogP contribution in [0.2, 0.25) is 0 Å². The molecule has 1 fully saturated rings. The third-order valence-electron chi connectivity index (χ3n) is 6.49. The van der Waals surface area contributed by atoms with Crippen molar-refractivity contribution >= 4 is 23.5 Å². The number of phenols is 1. The number of amides is 1. The Morgan fingerprint density at radius 1 is 0.971 bits per heavy atom. The number of hydrogen-bond donors (Lipinski definition) is 1. The van der Waals surface area contributed by atoms with E-state index in [0.717, 1.165) is 38.4 Å². The Kier molecular flexibility index (Phi) is 5.62. The molecule has 3 heterocycles. The van der Waals surface area contributed by atoms with Crippen LogP contribution in [0.4, 0.5) is 5.69 Å². The summed E-state index contributed by atoms with van der Waals surface area (Å²) in [6.07, 6.45) is 0.617. The van der Waals surface area contributed by atoms with Gasteiger partial charge in [-0.15, -0.1) is 0 Å². The van der Waals surface area contributed by atoms with E-state index < -0.39 is 17.8 Å². The maximum absolute atomic E-state index is 13.2. The SMILES string of the molecule is COC12OC(=O)C(=O)Oc3cccc(c31)C(=O)N2CCCN1CCN(c2ccc(O)cc2)CC1. The van der Waals surface area contributed by atoms with Gasteiger partial charge in [0.2, 0.25) is 0 Å². The molecule has 0 radical (unpaired) electrons. The van der Waals surface area contributed by atoms with Gasteiger partial charge in [-0.05, 0) is 49.4 Å². The van der Waals surface area contributed by atoms with Crippen LogP contribution >= 0.6 is 0 Å². The van der Waals surface area contributed by atoms with Gasteiger partial charge in [-0.25, -0.2) is 9.59 Å². The molecule has 1 unspecified atom stereocenters. The van der Waals surface area contributed by atoms with Crippen LogP contribution in [0.3, 0.4) is 0 Å². The van der Waals surface area contributed by atoms with Gasteiger partial charge in [-0.3, -0.25) is 14.6 Å². The van der Waals surface area contributed by atoms with Crippen LogP contribution in [-0.2, 0) is 25.0 Å². The normalized spacial score (nSPS) is 22.3. The molecule has 1 saturated heterocycles. The quantitative estimate of drug-likeness (QED) is 0.382. The van der Waals surface area contributed by atoms with Crippen LogP contribution in [0.25, 0.3) is 0 Å². The molecule has 178 valence electrons. The van der Waals surface area contributed by atoms with Gasteiger partial charge in [0.25, 0.3) is 5.91 Å². The fourth-order valence-corrected chi connectivity index (χ4v) is 4.80. The molecule has 2 aromatic carbocycles. The van der Waals surface area contributed by atoms with E-state index in [1.165, 1.54) is 18.1 Å². The largest absolute Gasteiger partial charge is 0.508 e. The van der Waals surface area contributed by atoms with Gasteiger partial charge < -0.3 is 24.2 Å². The first-order valence-corrected chi connectivity index (χ1v) is 11.1. The molecule has 10 heteroatoms. The molecule has 0 aliphatic carbocycles. The van der Waals surface area contributed by atoms with Crippen LogP contribution < -0.4 is 9.64 Å². The van der Waals surface area contributed by atoms with E-state index in [1.807, 2.05) is 12.1 Å². The zero-order chi connectivity index (χ0) is 23.9. The van der Waals surface area contributed by atoms with E-state index in [0.29, 0.717) is 6.42 Å². The average molecular weight is 467 g/mol. The zero-order valence-electron chi connectivity index (χ0n) is 18.7. The number of phenolic OH excluding ortho intramolecular Hbond substituents is 1. The van der Waals surface area contributed by atoms with E-state index in [1.54, 1.807) is 24.3 Å². The van der Waals surface area contributed by atoms with Crippen molar-refractivity contribution in [2.45, 2.75) is 12.3 Å². The van der Waals surface area contributed by atoms with Crippen molar-refractivity contribution in [1.82, 2.24) is 9.80 Å². The molecule has 1 N–H and O–H groups in total. The second-order valence-electron chi connectivity index (χ2n) is 8.40. The van der Waals surface area contributed by atoms with Gasteiger partial charge in [-0.1, -0.05) is 6.07 Å². The number of ether oxygens (including phenoxy) is 3. The molecular weight excluding hydrogens is 442 g/mol. The Balaban J connectivity index is 1.25. The van der Waals surface area contributed by atoms with Gasteiger partial charge in [0.05, 0.1) is 5.56 Å². The number of carbonyl (C=O) groups excluding carboxylic acids is 3. The summed E-state index contributed by atoms with van der Waals surface area (Å²) in [6.45, 7) is 4.40. The molecule has 2 aromatic rings. The highest BCUT2D eigenvalue weighted by Crippen LogP contribution is 2.47. The lowest BCUT2D eigenvalue weighted by Crippen LogP contribution is -2.50. The number of rotatable bonds is 6. The lowest BCUT2D eigenvalue weighted by atomic mass is 10.1.